The molecule has 318 valence electrons. The zero-order chi connectivity index (χ0) is 43.2. The highest BCUT2D eigenvalue weighted by atomic mass is 16.4. The predicted molar refractivity (Wildman–Crippen MR) is 209 cm³/mol. The summed E-state index contributed by atoms with van der Waals surface area (Å²) in [5, 5.41) is 51.1. The number of aromatic hydroxyl groups is 1. The summed E-state index contributed by atoms with van der Waals surface area (Å²) in [7, 11) is 0. The van der Waals surface area contributed by atoms with Crippen LogP contribution in [0.4, 0.5) is 0 Å². The van der Waals surface area contributed by atoms with Crippen molar-refractivity contribution >= 4 is 41.4 Å². The number of rotatable bonds is 20. The van der Waals surface area contributed by atoms with Crippen molar-refractivity contribution in [2.75, 3.05) is 13.2 Å². The first-order valence-corrected chi connectivity index (χ1v) is 19.0. The maximum atomic E-state index is 14.5. The van der Waals surface area contributed by atoms with E-state index in [4.69, 9.17) is 5.73 Å². The van der Waals surface area contributed by atoms with E-state index >= 15 is 0 Å². The van der Waals surface area contributed by atoms with Crippen molar-refractivity contribution < 1.29 is 54.0 Å². The summed E-state index contributed by atoms with van der Waals surface area (Å²) in [6.07, 6.45) is 1.60. The van der Waals surface area contributed by atoms with Crippen molar-refractivity contribution in [2.45, 2.75) is 94.3 Å². The quantitative estimate of drug-likeness (QED) is 0.0556. The van der Waals surface area contributed by atoms with Crippen LogP contribution >= 0.6 is 0 Å². The van der Waals surface area contributed by atoms with Gasteiger partial charge in [0.05, 0.1) is 25.1 Å². The number of nitrogens with zero attached hydrogens (tertiary/aromatic N) is 2. The molecule has 2 aromatic carbocycles. The molecule has 2 heterocycles. The van der Waals surface area contributed by atoms with Gasteiger partial charge in [0.25, 0.3) is 0 Å². The summed E-state index contributed by atoms with van der Waals surface area (Å²) >= 11 is 0. The number of H-pyrrole nitrogens is 1. The molecule has 20 heteroatoms. The fourth-order valence-corrected chi connectivity index (χ4v) is 6.41. The minimum absolute atomic E-state index is 0.00150. The van der Waals surface area contributed by atoms with E-state index in [1.54, 1.807) is 42.5 Å². The number of phenolic OH excluding ortho intramolecular Hbond substituents is 1. The molecule has 0 unspecified atom stereocenters. The number of nitrogens with one attached hydrogen (secondary N) is 6. The molecule has 8 atom stereocenters. The van der Waals surface area contributed by atoms with Crippen LogP contribution in [0.25, 0.3) is 0 Å². The van der Waals surface area contributed by atoms with Crippen molar-refractivity contribution in [3.8, 4) is 5.75 Å². The van der Waals surface area contributed by atoms with Crippen molar-refractivity contribution in [1.29, 1.82) is 0 Å². The van der Waals surface area contributed by atoms with Gasteiger partial charge in [-0.25, -0.2) is 9.78 Å². The minimum atomic E-state index is -1.72. The van der Waals surface area contributed by atoms with Crippen LogP contribution in [0, 0.1) is 0 Å². The Hall–Kier alpha value is -6.38. The fourth-order valence-electron chi connectivity index (χ4n) is 6.41. The number of hydrogen-bond donors (Lipinski definition) is 11. The van der Waals surface area contributed by atoms with E-state index in [0.717, 1.165) is 0 Å². The van der Waals surface area contributed by atoms with Gasteiger partial charge in [-0.05, 0) is 49.9 Å². The maximum Gasteiger partial charge on any atom is 0.328 e. The third kappa shape index (κ3) is 13.1. The normalized spacial score (nSPS) is 17.2. The lowest BCUT2D eigenvalue weighted by atomic mass is 10.0. The summed E-state index contributed by atoms with van der Waals surface area (Å²) in [6, 6.07) is 5.54. The van der Waals surface area contributed by atoms with E-state index in [9.17, 15) is 54.0 Å². The second-order valence-electron chi connectivity index (χ2n) is 14.3. The molecule has 59 heavy (non-hydrogen) atoms. The zero-order valence-electron chi connectivity index (χ0n) is 32.5. The second-order valence-corrected chi connectivity index (χ2v) is 14.3. The molecule has 20 nitrogen and oxygen atoms in total. The molecule has 1 aliphatic heterocycles. The minimum Gasteiger partial charge on any atom is -0.508 e. The number of nitrogens with two attached hydrogens (primary N) is 1. The molecule has 12 N–H and O–H groups in total. The third-order valence-electron chi connectivity index (χ3n) is 9.63. The average Bonchev–Trinajstić information content (AvgIpc) is 3.92. The van der Waals surface area contributed by atoms with E-state index in [0.29, 0.717) is 23.2 Å². The summed E-state index contributed by atoms with van der Waals surface area (Å²) in [4.78, 5) is 101. The highest BCUT2D eigenvalue weighted by molar-refractivity contribution is 5.97. The Labute approximate surface area is 339 Å². The van der Waals surface area contributed by atoms with Crippen LogP contribution in [-0.4, -0.2) is 138 Å². The molecule has 4 rings (SSSR count). The number of aromatic amines is 1. The smallest absolute Gasteiger partial charge is 0.328 e. The molecule has 1 aliphatic rings. The highest BCUT2D eigenvalue weighted by Gasteiger charge is 2.40. The first-order chi connectivity index (χ1) is 28.1. The number of amides is 6. The number of phenols is 1. The first-order valence-electron chi connectivity index (χ1n) is 19.0. The van der Waals surface area contributed by atoms with Gasteiger partial charge in [0, 0.05) is 37.7 Å². The number of carboxylic acids is 1. The van der Waals surface area contributed by atoms with Crippen LogP contribution in [0.3, 0.4) is 0 Å². The molecule has 6 amide bonds. The lowest BCUT2D eigenvalue weighted by Crippen LogP contribution is -2.61. The van der Waals surface area contributed by atoms with Gasteiger partial charge in [0.1, 0.15) is 42.0 Å². The number of likely N-dealkylation sites (tertiary alicyclic amines) is 1. The van der Waals surface area contributed by atoms with Gasteiger partial charge in [-0.2, -0.15) is 0 Å². The topological polar surface area (TPSA) is 318 Å². The second kappa shape index (κ2) is 21.4. The Morgan fingerprint density at radius 1 is 0.797 bits per heavy atom. The monoisotopic (exact) mass is 821 g/mol. The Balaban J connectivity index is 1.57. The Kier molecular flexibility index (Phi) is 16.4. The van der Waals surface area contributed by atoms with E-state index < -0.39 is 96.4 Å². The SMILES string of the molecule is C[C@H](N)C(=O)N[C@@H](Cc1ccc(O)cc1)C(=O)N[C@@H](Cc1ccccc1)C(=O)N1CCC[C@H]1C(=O)N[C@@H](Cc1cnc[nH]1)C(=O)N[C@H](C(=O)N[C@@H](CO)C(=O)O)[C@@H](C)O. The van der Waals surface area contributed by atoms with Crippen LogP contribution in [0.2, 0.25) is 0 Å². The van der Waals surface area contributed by atoms with Crippen LogP contribution in [0.5, 0.6) is 5.75 Å². The number of carboxylic acid groups (broad SMARTS) is 1. The summed E-state index contributed by atoms with van der Waals surface area (Å²) in [5.41, 5.74) is 7.47. The number of carbonyl (C=O) groups excluding carboxylic acids is 6. The van der Waals surface area contributed by atoms with Crippen LogP contribution in [-0.2, 0) is 52.8 Å². The number of carbonyl (C=O) groups is 7. The number of aliphatic carboxylic acids is 1. The fraction of sp³-hybridized carbons (Fsp3) is 0.436. The van der Waals surface area contributed by atoms with Crippen molar-refractivity contribution in [3.05, 3.63) is 83.9 Å². The molecule has 1 fully saturated rings. The lowest BCUT2D eigenvalue weighted by Gasteiger charge is -2.31. The molecule has 0 bridgehead atoms. The zero-order valence-corrected chi connectivity index (χ0v) is 32.5. The Morgan fingerprint density at radius 3 is 1.98 bits per heavy atom. The van der Waals surface area contributed by atoms with Gasteiger partial charge in [-0.3, -0.25) is 28.8 Å². The van der Waals surface area contributed by atoms with Gasteiger partial charge in [-0.1, -0.05) is 42.5 Å². The summed E-state index contributed by atoms with van der Waals surface area (Å²) < 4.78 is 0. The number of benzene rings is 2. The van der Waals surface area contributed by atoms with E-state index in [1.807, 2.05) is 5.32 Å². The molecule has 3 aromatic rings. The van der Waals surface area contributed by atoms with Crippen LogP contribution < -0.4 is 32.3 Å². The van der Waals surface area contributed by atoms with Crippen molar-refractivity contribution in [3.63, 3.8) is 0 Å². The largest absolute Gasteiger partial charge is 0.508 e. The van der Waals surface area contributed by atoms with E-state index in [2.05, 4.69) is 31.2 Å². The molecular formula is C39H51N9O11. The molecular weight excluding hydrogens is 770 g/mol. The van der Waals surface area contributed by atoms with Gasteiger partial charge < -0.3 is 62.6 Å². The maximum absolute atomic E-state index is 14.5. The van der Waals surface area contributed by atoms with E-state index in [-0.39, 0.29) is 38.0 Å². The van der Waals surface area contributed by atoms with Gasteiger partial charge >= 0.3 is 5.97 Å². The molecule has 0 radical (unpaired) electrons. The van der Waals surface area contributed by atoms with E-state index in [1.165, 1.54) is 43.4 Å². The standard InChI is InChI=1S/C39H51N9O11/c1-21(40)33(52)43-27(15-24-10-12-26(51)13-11-24)34(53)45-29(16-23-7-4-3-5-8-23)38(57)48-14-6-9-31(48)36(55)44-28(17-25-18-41-20-42-25)35(54)47-32(22(2)50)37(56)46-30(19-49)39(58)59/h3-5,7-8,10-13,18,20-22,27-32,49-51H,6,9,14-17,19,40H2,1-2H3,(H,41,42)(H,43,52)(H,44,55)(H,45,53)(H,46,56)(H,47,54)(H,58,59)/t21-,22+,27-,28-,29-,30-,31-,32-/m0/s1. The molecule has 1 saturated heterocycles. The molecule has 1 aromatic heterocycles. The Morgan fingerprint density at radius 2 is 1.39 bits per heavy atom. The lowest BCUT2D eigenvalue weighted by molar-refractivity contribution is -0.144. The first kappa shape index (κ1) is 45.3. The van der Waals surface area contributed by atoms with Crippen molar-refractivity contribution in [1.82, 2.24) is 41.5 Å². The third-order valence-corrected chi connectivity index (χ3v) is 9.63. The van der Waals surface area contributed by atoms with Crippen molar-refractivity contribution in [2.24, 2.45) is 5.73 Å². The number of aliphatic hydroxyl groups is 2. The van der Waals surface area contributed by atoms with Gasteiger partial charge in [0.15, 0.2) is 0 Å². The average molecular weight is 822 g/mol. The summed E-state index contributed by atoms with van der Waals surface area (Å²) in [5.74, 6) is -6.27. The number of aromatic nitrogens is 2. The van der Waals surface area contributed by atoms with Gasteiger partial charge in [0.2, 0.25) is 35.4 Å². The molecule has 0 aliphatic carbocycles. The predicted octanol–water partition coefficient (Wildman–Crippen LogP) is -2.64. The molecule has 0 spiro atoms. The number of hydrogen-bond acceptors (Lipinski definition) is 12. The highest BCUT2D eigenvalue weighted by Crippen LogP contribution is 2.21. The Bertz CT molecular complexity index is 1910. The number of imidazole rings is 1. The van der Waals surface area contributed by atoms with Crippen LogP contribution in [0.15, 0.2) is 67.1 Å². The molecule has 0 saturated carbocycles. The van der Waals surface area contributed by atoms with Gasteiger partial charge in [-0.15, -0.1) is 0 Å². The summed E-state index contributed by atoms with van der Waals surface area (Å²) in [6.45, 7) is 1.79. The van der Waals surface area contributed by atoms with Crippen LogP contribution in [0.1, 0.15) is 43.5 Å². The number of aliphatic hydroxyl groups excluding tert-OH is 2.